The van der Waals surface area contributed by atoms with Crippen LogP contribution < -0.4 is 11.1 Å². The summed E-state index contributed by atoms with van der Waals surface area (Å²) in [6.07, 6.45) is 0. The Morgan fingerprint density at radius 2 is 2.06 bits per heavy atom. The fourth-order valence-corrected chi connectivity index (χ4v) is 1.58. The lowest BCUT2D eigenvalue weighted by Gasteiger charge is -2.19. The van der Waals surface area contributed by atoms with E-state index in [-0.39, 0.29) is 11.3 Å². The molecule has 0 atom stereocenters. The number of hydrogen-bond acceptors (Lipinski definition) is 2. The predicted octanol–water partition coefficient (Wildman–Crippen LogP) is 2.81. The van der Waals surface area contributed by atoms with Gasteiger partial charge in [0.1, 0.15) is 0 Å². The van der Waals surface area contributed by atoms with Gasteiger partial charge in [-0.3, -0.25) is 4.79 Å². The highest BCUT2D eigenvalue weighted by molar-refractivity contribution is 9.10. The third-order valence-electron chi connectivity index (χ3n) is 2.01. The molecule has 0 aliphatic carbocycles. The van der Waals surface area contributed by atoms with Crippen LogP contribution in [0.3, 0.4) is 0 Å². The lowest BCUT2D eigenvalue weighted by molar-refractivity contribution is 0.0938. The first kappa shape index (κ1) is 13.0. The van der Waals surface area contributed by atoms with Crippen molar-refractivity contribution in [3.63, 3.8) is 0 Å². The molecular weight excluding hydrogens is 268 g/mol. The summed E-state index contributed by atoms with van der Waals surface area (Å²) < 4.78 is 0.758. The number of hydrogen-bond donors (Lipinski definition) is 2. The van der Waals surface area contributed by atoms with E-state index in [1.54, 1.807) is 18.2 Å². The molecule has 1 amide bonds. The summed E-state index contributed by atoms with van der Waals surface area (Å²) in [7, 11) is 0. The Morgan fingerprint density at radius 1 is 1.44 bits per heavy atom. The Kier molecular flexibility index (Phi) is 3.97. The molecule has 1 aromatic carbocycles. The van der Waals surface area contributed by atoms with Crippen LogP contribution in [0.5, 0.6) is 0 Å². The maximum absolute atomic E-state index is 11.9. The maximum atomic E-state index is 11.9. The number of nitrogen functional groups attached to an aromatic ring is 1. The number of carbonyl (C=O) groups excluding carboxylic acids is 1. The van der Waals surface area contributed by atoms with E-state index >= 15 is 0 Å². The SMILES string of the molecule is CC(C)(C)CNC(=O)c1cc(N)ccc1Br. The van der Waals surface area contributed by atoms with E-state index in [0.29, 0.717) is 17.8 Å². The fourth-order valence-electron chi connectivity index (χ4n) is 1.16. The first-order chi connectivity index (χ1) is 7.29. The van der Waals surface area contributed by atoms with Crippen LogP contribution in [0.2, 0.25) is 0 Å². The first-order valence-corrected chi connectivity index (χ1v) is 5.92. The van der Waals surface area contributed by atoms with Crippen LogP contribution in [0.4, 0.5) is 5.69 Å². The van der Waals surface area contributed by atoms with E-state index in [2.05, 4.69) is 42.0 Å². The molecule has 0 aliphatic heterocycles. The molecule has 0 radical (unpaired) electrons. The van der Waals surface area contributed by atoms with E-state index in [1.165, 1.54) is 0 Å². The van der Waals surface area contributed by atoms with E-state index in [0.717, 1.165) is 4.47 Å². The van der Waals surface area contributed by atoms with Crippen molar-refractivity contribution in [3.8, 4) is 0 Å². The van der Waals surface area contributed by atoms with Gasteiger partial charge in [0, 0.05) is 16.7 Å². The highest BCUT2D eigenvalue weighted by Gasteiger charge is 2.14. The van der Waals surface area contributed by atoms with Crippen LogP contribution in [0.15, 0.2) is 22.7 Å². The van der Waals surface area contributed by atoms with Gasteiger partial charge >= 0.3 is 0 Å². The Morgan fingerprint density at radius 3 is 2.62 bits per heavy atom. The van der Waals surface area contributed by atoms with E-state index in [4.69, 9.17) is 5.73 Å². The molecule has 0 unspecified atom stereocenters. The lowest BCUT2D eigenvalue weighted by atomic mass is 9.97. The van der Waals surface area contributed by atoms with Gasteiger partial charge in [-0.2, -0.15) is 0 Å². The van der Waals surface area contributed by atoms with Crippen molar-refractivity contribution >= 4 is 27.5 Å². The van der Waals surface area contributed by atoms with Crippen molar-refractivity contribution in [2.45, 2.75) is 20.8 Å². The van der Waals surface area contributed by atoms with Gasteiger partial charge in [-0.05, 0) is 39.5 Å². The second kappa shape index (κ2) is 4.87. The predicted molar refractivity (Wildman–Crippen MR) is 70.3 cm³/mol. The van der Waals surface area contributed by atoms with Crippen molar-refractivity contribution in [2.24, 2.45) is 5.41 Å². The summed E-state index contributed by atoms with van der Waals surface area (Å²) in [5.74, 6) is -0.103. The van der Waals surface area contributed by atoms with Crippen LogP contribution in [0.25, 0.3) is 0 Å². The summed E-state index contributed by atoms with van der Waals surface area (Å²) >= 11 is 3.34. The monoisotopic (exact) mass is 284 g/mol. The minimum absolute atomic E-state index is 0.0719. The zero-order valence-corrected chi connectivity index (χ0v) is 11.4. The largest absolute Gasteiger partial charge is 0.399 e. The van der Waals surface area contributed by atoms with Crippen molar-refractivity contribution in [1.82, 2.24) is 5.32 Å². The van der Waals surface area contributed by atoms with Crippen molar-refractivity contribution < 1.29 is 4.79 Å². The molecule has 0 spiro atoms. The number of anilines is 1. The third kappa shape index (κ3) is 3.85. The normalized spacial score (nSPS) is 11.2. The molecule has 0 heterocycles. The van der Waals surface area contributed by atoms with E-state index < -0.39 is 0 Å². The topological polar surface area (TPSA) is 55.1 Å². The first-order valence-electron chi connectivity index (χ1n) is 5.13. The van der Waals surface area contributed by atoms with Crippen LogP contribution in [0, 0.1) is 5.41 Å². The van der Waals surface area contributed by atoms with Gasteiger partial charge in [-0.1, -0.05) is 20.8 Å². The molecule has 1 aromatic rings. The second-order valence-electron chi connectivity index (χ2n) is 4.98. The molecule has 3 N–H and O–H groups in total. The fraction of sp³-hybridized carbons (Fsp3) is 0.417. The van der Waals surface area contributed by atoms with Crippen LogP contribution in [-0.4, -0.2) is 12.5 Å². The molecule has 0 fully saturated rings. The molecule has 3 nitrogen and oxygen atoms in total. The number of nitrogens with one attached hydrogen (secondary N) is 1. The van der Waals surface area contributed by atoms with E-state index in [1.807, 2.05) is 0 Å². The summed E-state index contributed by atoms with van der Waals surface area (Å²) in [5.41, 5.74) is 6.88. The second-order valence-corrected chi connectivity index (χ2v) is 5.84. The average Bonchev–Trinajstić information content (AvgIpc) is 2.17. The van der Waals surface area contributed by atoms with E-state index in [9.17, 15) is 4.79 Å². The number of nitrogens with two attached hydrogens (primary N) is 1. The highest BCUT2D eigenvalue weighted by atomic mass is 79.9. The van der Waals surface area contributed by atoms with Gasteiger partial charge < -0.3 is 11.1 Å². The molecule has 0 saturated carbocycles. The molecule has 4 heteroatoms. The molecule has 0 aromatic heterocycles. The highest BCUT2D eigenvalue weighted by Crippen LogP contribution is 2.20. The molecular formula is C12H17BrN2O. The maximum Gasteiger partial charge on any atom is 0.252 e. The number of halogens is 1. The quantitative estimate of drug-likeness (QED) is 0.821. The Bertz CT molecular complexity index is 396. The van der Waals surface area contributed by atoms with Gasteiger partial charge in [-0.15, -0.1) is 0 Å². The molecule has 88 valence electrons. The Balaban J connectivity index is 2.77. The van der Waals surface area contributed by atoms with Gasteiger partial charge in [0.2, 0.25) is 0 Å². The standard InChI is InChI=1S/C12H17BrN2O/c1-12(2,3)7-15-11(16)9-6-8(14)4-5-10(9)13/h4-6H,7,14H2,1-3H3,(H,15,16). The van der Waals surface area contributed by atoms with Crippen molar-refractivity contribution in [3.05, 3.63) is 28.2 Å². The van der Waals surface area contributed by atoms with Crippen LogP contribution >= 0.6 is 15.9 Å². The van der Waals surface area contributed by atoms with Gasteiger partial charge in [0.25, 0.3) is 5.91 Å². The number of benzene rings is 1. The molecule has 0 bridgehead atoms. The van der Waals surface area contributed by atoms with Crippen LogP contribution in [-0.2, 0) is 0 Å². The summed E-state index contributed by atoms with van der Waals surface area (Å²) in [5, 5.41) is 2.88. The molecule has 0 aliphatic rings. The molecule has 0 saturated heterocycles. The third-order valence-corrected chi connectivity index (χ3v) is 2.71. The number of rotatable bonds is 2. The zero-order valence-electron chi connectivity index (χ0n) is 9.80. The minimum atomic E-state index is -0.103. The summed E-state index contributed by atoms with van der Waals surface area (Å²) in [6, 6.07) is 5.20. The minimum Gasteiger partial charge on any atom is -0.399 e. The molecule has 1 rings (SSSR count). The Hall–Kier alpha value is -1.03. The van der Waals surface area contributed by atoms with Gasteiger partial charge in [-0.25, -0.2) is 0 Å². The van der Waals surface area contributed by atoms with Gasteiger partial charge in [0.15, 0.2) is 0 Å². The Labute approximate surface area is 105 Å². The molecule has 16 heavy (non-hydrogen) atoms. The zero-order chi connectivity index (χ0) is 12.3. The van der Waals surface area contributed by atoms with Crippen LogP contribution in [0.1, 0.15) is 31.1 Å². The number of carbonyl (C=O) groups is 1. The van der Waals surface area contributed by atoms with Crippen molar-refractivity contribution in [1.29, 1.82) is 0 Å². The summed E-state index contributed by atoms with van der Waals surface area (Å²) in [4.78, 5) is 11.9. The average molecular weight is 285 g/mol. The van der Waals surface area contributed by atoms with Gasteiger partial charge in [0.05, 0.1) is 5.56 Å². The number of amides is 1. The summed E-state index contributed by atoms with van der Waals surface area (Å²) in [6.45, 7) is 6.85. The lowest BCUT2D eigenvalue weighted by Crippen LogP contribution is -2.32. The smallest absolute Gasteiger partial charge is 0.252 e. The van der Waals surface area contributed by atoms with Crippen molar-refractivity contribution in [2.75, 3.05) is 12.3 Å².